The SMILES string of the molecule is Cc1cc2c(N3CCCC(S(=O)(=O)N4CCc5ccccc54)C3)ncnc2s1. The molecule has 0 aliphatic carbocycles. The van der Waals surface area contributed by atoms with Gasteiger partial charge in [-0.1, -0.05) is 18.2 Å². The summed E-state index contributed by atoms with van der Waals surface area (Å²) in [5.41, 5.74) is 1.96. The maximum absolute atomic E-state index is 13.5. The number of rotatable bonds is 3. The van der Waals surface area contributed by atoms with Gasteiger partial charge < -0.3 is 4.90 Å². The zero-order valence-electron chi connectivity index (χ0n) is 15.7. The molecule has 1 fully saturated rings. The lowest BCUT2D eigenvalue weighted by atomic mass is 10.1. The molecule has 1 atom stereocenters. The summed E-state index contributed by atoms with van der Waals surface area (Å²) >= 11 is 1.65. The van der Waals surface area contributed by atoms with Gasteiger partial charge in [0, 0.05) is 24.5 Å². The van der Waals surface area contributed by atoms with Crippen LogP contribution in [0.3, 0.4) is 0 Å². The van der Waals surface area contributed by atoms with E-state index in [1.54, 1.807) is 22.0 Å². The zero-order valence-corrected chi connectivity index (χ0v) is 17.3. The summed E-state index contributed by atoms with van der Waals surface area (Å²) < 4.78 is 28.6. The first-order chi connectivity index (χ1) is 13.5. The van der Waals surface area contributed by atoms with Gasteiger partial charge in [-0.15, -0.1) is 11.3 Å². The van der Waals surface area contributed by atoms with Crippen LogP contribution in [0.4, 0.5) is 11.5 Å². The molecule has 2 aliphatic heterocycles. The van der Waals surface area contributed by atoms with Crippen LogP contribution in [0.5, 0.6) is 0 Å². The number of hydrogen-bond donors (Lipinski definition) is 0. The number of thiophene rings is 1. The second kappa shape index (κ2) is 6.70. The standard InChI is InChI=1S/C20H22N4O2S2/c1-14-11-17-19(21-13-22-20(17)27-14)23-9-4-6-16(12-23)28(25,26)24-10-8-15-5-2-3-7-18(15)24/h2-3,5,7,11,13,16H,4,6,8-10,12H2,1H3. The average Bonchev–Trinajstić information content (AvgIpc) is 3.30. The molecule has 146 valence electrons. The lowest BCUT2D eigenvalue weighted by Gasteiger charge is -2.35. The molecule has 1 aromatic carbocycles. The summed E-state index contributed by atoms with van der Waals surface area (Å²) in [7, 11) is -3.41. The highest BCUT2D eigenvalue weighted by atomic mass is 32.2. The predicted octanol–water partition coefficient (Wildman–Crippen LogP) is 3.36. The molecule has 0 spiro atoms. The molecular formula is C20H22N4O2S2. The van der Waals surface area contributed by atoms with Crippen molar-refractivity contribution in [2.24, 2.45) is 0 Å². The minimum atomic E-state index is -3.41. The lowest BCUT2D eigenvalue weighted by Crippen LogP contribution is -2.48. The van der Waals surface area contributed by atoms with E-state index in [2.05, 4.69) is 27.9 Å². The second-order valence-corrected chi connectivity index (χ2v) is 10.9. The number of nitrogens with zero attached hydrogens (tertiary/aromatic N) is 4. The van der Waals surface area contributed by atoms with Gasteiger partial charge in [-0.3, -0.25) is 4.31 Å². The van der Waals surface area contributed by atoms with E-state index in [1.165, 1.54) is 4.88 Å². The van der Waals surface area contributed by atoms with E-state index in [4.69, 9.17) is 0 Å². The third-order valence-electron chi connectivity index (χ3n) is 5.68. The van der Waals surface area contributed by atoms with Crippen LogP contribution in [0.15, 0.2) is 36.7 Å². The summed E-state index contributed by atoms with van der Waals surface area (Å²) in [6.45, 7) is 3.90. The molecule has 2 aromatic heterocycles. The molecular weight excluding hydrogens is 392 g/mol. The van der Waals surface area contributed by atoms with Crippen LogP contribution in [0.2, 0.25) is 0 Å². The highest BCUT2D eigenvalue weighted by Crippen LogP contribution is 2.35. The maximum Gasteiger partial charge on any atom is 0.239 e. The molecule has 3 aromatic rings. The highest BCUT2D eigenvalue weighted by Gasteiger charge is 2.38. The van der Waals surface area contributed by atoms with Crippen LogP contribution in [0.25, 0.3) is 10.2 Å². The average molecular weight is 415 g/mol. The van der Waals surface area contributed by atoms with Crippen LogP contribution < -0.4 is 9.21 Å². The second-order valence-electron chi connectivity index (χ2n) is 7.48. The molecule has 0 radical (unpaired) electrons. The number of para-hydroxylation sites is 1. The third-order valence-corrected chi connectivity index (χ3v) is 8.86. The van der Waals surface area contributed by atoms with Crippen molar-refractivity contribution in [3.05, 3.63) is 47.1 Å². The zero-order chi connectivity index (χ0) is 19.3. The molecule has 8 heteroatoms. The Morgan fingerprint density at radius 1 is 1.18 bits per heavy atom. The number of piperidine rings is 1. The molecule has 0 amide bonds. The number of fused-ring (bicyclic) bond motifs is 2. The van der Waals surface area contributed by atoms with Crippen LogP contribution in [0, 0.1) is 6.92 Å². The number of anilines is 2. The molecule has 4 heterocycles. The van der Waals surface area contributed by atoms with Gasteiger partial charge in [0.2, 0.25) is 10.0 Å². The van der Waals surface area contributed by atoms with E-state index >= 15 is 0 Å². The van der Waals surface area contributed by atoms with E-state index in [-0.39, 0.29) is 0 Å². The fourth-order valence-corrected chi connectivity index (χ4v) is 7.17. The third kappa shape index (κ3) is 2.86. The topological polar surface area (TPSA) is 66.4 Å². The van der Waals surface area contributed by atoms with Gasteiger partial charge >= 0.3 is 0 Å². The summed E-state index contributed by atoms with van der Waals surface area (Å²) in [6.07, 6.45) is 3.90. The first-order valence-corrected chi connectivity index (χ1v) is 11.9. The molecule has 0 saturated carbocycles. The number of aryl methyl sites for hydroxylation is 1. The molecule has 1 saturated heterocycles. The number of hydrogen-bond acceptors (Lipinski definition) is 6. The molecule has 1 unspecified atom stereocenters. The molecule has 6 nitrogen and oxygen atoms in total. The summed E-state index contributed by atoms with van der Waals surface area (Å²) in [4.78, 5) is 13.1. The van der Waals surface area contributed by atoms with Crippen molar-refractivity contribution in [2.45, 2.75) is 31.4 Å². The quantitative estimate of drug-likeness (QED) is 0.657. The van der Waals surface area contributed by atoms with E-state index in [9.17, 15) is 8.42 Å². The molecule has 0 N–H and O–H groups in total. The van der Waals surface area contributed by atoms with Crippen molar-refractivity contribution in [1.82, 2.24) is 9.97 Å². The molecule has 28 heavy (non-hydrogen) atoms. The van der Waals surface area contributed by atoms with Crippen molar-refractivity contribution in [3.63, 3.8) is 0 Å². The van der Waals surface area contributed by atoms with Crippen molar-refractivity contribution in [1.29, 1.82) is 0 Å². The Balaban J connectivity index is 1.46. The Morgan fingerprint density at radius 2 is 2.04 bits per heavy atom. The largest absolute Gasteiger partial charge is 0.355 e. The first-order valence-electron chi connectivity index (χ1n) is 9.59. The Kier molecular flexibility index (Phi) is 4.28. The Labute approximate surface area is 168 Å². The van der Waals surface area contributed by atoms with Gasteiger partial charge in [-0.2, -0.15) is 0 Å². The number of benzene rings is 1. The summed E-state index contributed by atoms with van der Waals surface area (Å²) in [5.74, 6) is 0.857. The summed E-state index contributed by atoms with van der Waals surface area (Å²) in [5, 5.41) is 0.603. The first kappa shape index (κ1) is 17.9. The Hall–Kier alpha value is -2.19. The minimum absolute atomic E-state index is 0.419. The highest BCUT2D eigenvalue weighted by molar-refractivity contribution is 7.93. The predicted molar refractivity (Wildman–Crippen MR) is 114 cm³/mol. The number of sulfonamides is 1. The maximum atomic E-state index is 13.5. The smallest absolute Gasteiger partial charge is 0.239 e. The fourth-order valence-electron chi connectivity index (χ4n) is 4.34. The monoisotopic (exact) mass is 414 g/mol. The van der Waals surface area contributed by atoms with Gasteiger partial charge in [-0.05, 0) is 43.9 Å². The van der Waals surface area contributed by atoms with Gasteiger partial charge in [-0.25, -0.2) is 18.4 Å². The van der Waals surface area contributed by atoms with Crippen LogP contribution in [-0.2, 0) is 16.4 Å². The van der Waals surface area contributed by atoms with Crippen molar-refractivity contribution >= 4 is 43.1 Å². The van der Waals surface area contributed by atoms with E-state index in [0.29, 0.717) is 19.5 Å². The van der Waals surface area contributed by atoms with Crippen molar-refractivity contribution in [2.75, 3.05) is 28.8 Å². The van der Waals surface area contributed by atoms with Crippen LogP contribution >= 0.6 is 11.3 Å². The van der Waals surface area contributed by atoms with E-state index in [1.807, 2.05) is 24.3 Å². The number of aromatic nitrogens is 2. The molecule has 5 rings (SSSR count). The van der Waals surface area contributed by atoms with E-state index in [0.717, 1.165) is 46.7 Å². The van der Waals surface area contributed by atoms with Gasteiger partial charge in [0.1, 0.15) is 17.0 Å². The normalized spacial score (nSPS) is 20.0. The van der Waals surface area contributed by atoms with Crippen LogP contribution in [-0.4, -0.2) is 43.3 Å². The van der Waals surface area contributed by atoms with Crippen LogP contribution in [0.1, 0.15) is 23.3 Å². The minimum Gasteiger partial charge on any atom is -0.355 e. The Morgan fingerprint density at radius 3 is 2.93 bits per heavy atom. The van der Waals surface area contributed by atoms with Gasteiger partial charge in [0.15, 0.2) is 0 Å². The fraction of sp³-hybridized carbons (Fsp3) is 0.400. The van der Waals surface area contributed by atoms with Gasteiger partial charge in [0.25, 0.3) is 0 Å². The molecule has 0 bridgehead atoms. The van der Waals surface area contributed by atoms with E-state index < -0.39 is 15.3 Å². The Bertz CT molecular complexity index is 1140. The molecule has 2 aliphatic rings. The van der Waals surface area contributed by atoms with Crippen molar-refractivity contribution < 1.29 is 8.42 Å². The lowest BCUT2D eigenvalue weighted by molar-refractivity contribution is 0.528. The van der Waals surface area contributed by atoms with Crippen molar-refractivity contribution in [3.8, 4) is 0 Å². The summed E-state index contributed by atoms with van der Waals surface area (Å²) in [6, 6.07) is 9.93. The van der Waals surface area contributed by atoms with Gasteiger partial charge in [0.05, 0.1) is 16.3 Å².